The van der Waals surface area contributed by atoms with Crippen molar-refractivity contribution in [1.82, 2.24) is 0 Å². The van der Waals surface area contributed by atoms with Crippen LogP contribution in [0.25, 0.3) is 0 Å². The molecule has 1 rings (SSSR count). The molecule has 0 heterocycles. The third-order valence-corrected chi connectivity index (χ3v) is 7.84. The van der Waals surface area contributed by atoms with Crippen LogP contribution in [-0.2, 0) is 9.13 Å². The first-order valence-electron chi connectivity index (χ1n) is 6.07. The Morgan fingerprint density at radius 2 is 1.40 bits per heavy atom. The van der Waals surface area contributed by atoms with Crippen LogP contribution in [0.3, 0.4) is 0 Å². The fourth-order valence-corrected chi connectivity index (χ4v) is 5.54. The number of hydrogen-bond donors (Lipinski definition) is 6. The SMILES string of the molecule is NCC[C@H]1CC[C@H](C(O)(P(=O)(O)O)P(=O)(O)O)CC1.[Na]. The first-order chi connectivity index (χ1) is 8.54. The molecule has 1 fully saturated rings. The van der Waals surface area contributed by atoms with Crippen molar-refractivity contribution in [2.24, 2.45) is 17.6 Å². The first kappa shape index (κ1) is 21.2. The van der Waals surface area contributed by atoms with Crippen LogP contribution in [0.5, 0.6) is 0 Å². The van der Waals surface area contributed by atoms with Crippen molar-refractivity contribution in [1.29, 1.82) is 0 Å². The summed E-state index contributed by atoms with van der Waals surface area (Å²) in [4.78, 5) is 36.6. The summed E-state index contributed by atoms with van der Waals surface area (Å²) in [7, 11) is -10.7. The Hall–Kier alpha value is 1.22. The molecule has 7 N–H and O–H groups in total. The van der Waals surface area contributed by atoms with E-state index in [0.717, 1.165) is 6.42 Å². The van der Waals surface area contributed by atoms with Crippen molar-refractivity contribution >= 4 is 44.7 Å². The summed E-state index contributed by atoms with van der Waals surface area (Å²) >= 11 is 0. The monoisotopic (exact) mass is 340 g/mol. The van der Waals surface area contributed by atoms with E-state index >= 15 is 0 Å². The Kier molecular flexibility index (Phi) is 8.13. The van der Waals surface area contributed by atoms with Crippen molar-refractivity contribution in [3.05, 3.63) is 0 Å². The van der Waals surface area contributed by atoms with Gasteiger partial charge in [-0.05, 0) is 44.6 Å². The number of hydrogen-bond acceptors (Lipinski definition) is 4. The number of rotatable bonds is 5. The zero-order chi connectivity index (χ0) is 14.9. The minimum absolute atomic E-state index is 0. The van der Waals surface area contributed by atoms with Crippen LogP contribution >= 0.6 is 15.2 Å². The van der Waals surface area contributed by atoms with Crippen LogP contribution in [0.15, 0.2) is 0 Å². The smallest absolute Gasteiger partial charge is 0.367 e. The van der Waals surface area contributed by atoms with Gasteiger partial charge in [-0.2, -0.15) is 0 Å². The predicted octanol–water partition coefficient (Wildman–Crippen LogP) is -0.238. The minimum Gasteiger partial charge on any atom is -0.367 e. The summed E-state index contributed by atoms with van der Waals surface area (Å²) in [5.74, 6) is -0.831. The van der Waals surface area contributed by atoms with Crippen molar-refractivity contribution in [2.75, 3.05) is 6.54 Å². The molecule has 1 aliphatic rings. The molecule has 11 heteroatoms. The number of nitrogens with two attached hydrogens (primary N) is 1. The molecular formula is C9H21NNaO7P2. The van der Waals surface area contributed by atoms with E-state index in [4.69, 9.17) is 25.3 Å². The Morgan fingerprint density at radius 3 is 1.70 bits per heavy atom. The van der Waals surface area contributed by atoms with Gasteiger partial charge in [-0.15, -0.1) is 0 Å². The van der Waals surface area contributed by atoms with Gasteiger partial charge in [0.2, 0.25) is 0 Å². The maximum atomic E-state index is 11.3. The standard InChI is InChI=1S/C9H21NO7P2.Na/c10-6-5-7-1-3-8(4-2-7)9(11,18(12,13)14)19(15,16)17;/h7-8,11H,1-6,10H2,(H2,12,13,14)(H2,15,16,17);/t7-,8-;. The molecule has 0 aromatic rings. The van der Waals surface area contributed by atoms with Gasteiger partial charge in [-0.1, -0.05) is 0 Å². The van der Waals surface area contributed by atoms with Gasteiger partial charge in [0.05, 0.1) is 0 Å². The fraction of sp³-hybridized carbons (Fsp3) is 1.00. The maximum absolute atomic E-state index is 11.3. The van der Waals surface area contributed by atoms with Gasteiger partial charge in [0, 0.05) is 35.5 Å². The molecular weight excluding hydrogens is 319 g/mol. The Morgan fingerprint density at radius 1 is 1.00 bits per heavy atom. The van der Waals surface area contributed by atoms with Crippen molar-refractivity contribution in [2.45, 2.75) is 37.2 Å². The molecule has 0 amide bonds. The third-order valence-electron chi connectivity index (χ3n) is 3.83. The molecule has 0 saturated heterocycles. The largest absolute Gasteiger partial charge is 0.369 e. The van der Waals surface area contributed by atoms with Crippen LogP contribution in [0, 0.1) is 11.8 Å². The molecule has 0 bridgehead atoms. The fourth-order valence-electron chi connectivity index (χ4n) is 2.72. The Balaban J connectivity index is 0.00000361. The molecule has 0 aromatic carbocycles. The second kappa shape index (κ2) is 7.66. The van der Waals surface area contributed by atoms with E-state index in [1.165, 1.54) is 0 Å². The van der Waals surface area contributed by atoms with Crippen molar-refractivity contribution in [3.63, 3.8) is 0 Å². The normalized spacial score (nSPS) is 25.1. The molecule has 1 aliphatic carbocycles. The topological polar surface area (TPSA) is 161 Å². The zero-order valence-corrected chi connectivity index (χ0v) is 15.2. The molecule has 1 saturated carbocycles. The van der Waals surface area contributed by atoms with Gasteiger partial charge in [0.1, 0.15) is 0 Å². The van der Waals surface area contributed by atoms with E-state index < -0.39 is 26.2 Å². The van der Waals surface area contributed by atoms with E-state index in [2.05, 4.69) is 0 Å². The average molecular weight is 340 g/mol. The molecule has 20 heavy (non-hydrogen) atoms. The van der Waals surface area contributed by atoms with Crippen LogP contribution < -0.4 is 5.73 Å². The second-order valence-corrected chi connectivity index (χ2v) is 8.96. The summed E-state index contributed by atoms with van der Waals surface area (Å²) < 4.78 is 22.7. The van der Waals surface area contributed by atoms with Gasteiger partial charge < -0.3 is 30.4 Å². The van der Waals surface area contributed by atoms with E-state index in [9.17, 15) is 14.2 Å². The van der Waals surface area contributed by atoms with Gasteiger partial charge in [-0.25, -0.2) is 0 Å². The summed E-state index contributed by atoms with van der Waals surface area (Å²) in [6, 6.07) is 0. The Bertz CT molecular complexity index is 379. The molecule has 0 atom stereocenters. The van der Waals surface area contributed by atoms with Crippen LogP contribution in [-0.4, -0.2) is 65.9 Å². The Labute approximate surface area is 139 Å². The molecule has 8 nitrogen and oxygen atoms in total. The summed E-state index contributed by atoms with van der Waals surface area (Å²) in [5.41, 5.74) is 5.42. The molecule has 0 unspecified atom stereocenters. The van der Waals surface area contributed by atoms with Crippen LogP contribution in [0.2, 0.25) is 0 Å². The molecule has 1 radical (unpaired) electrons. The summed E-state index contributed by atoms with van der Waals surface area (Å²) in [6.07, 6.45) is 2.18. The molecule has 0 spiro atoms. The maximum Gasteiger partial charge on any atom is 0.369 e. The third kappa shape index (κ3) is 4.37. The van der Waals surface area contributed by atoms with Crippen LogP contribution in [0.1, 0.15) is 32.1 Å². The van der Waals surface area contributed by atoms with E-state index in [0.29, 0.717) is 19.4 Å². The average Bonchev–Trinajstić information content (AvgIpc) is 2.26. The number of aliphatic hydroxyl groups is 1. The molecule has 0 aliphatic heterocycles. The van der Waals surface area contributed by atoms with Gasteiger partial charge >= 0.3 is 15.2 Å². The van der Waals surface area contributed by atoms with Crippen LogP contribution in [0.4, 0.5) is 0 Å². The van der Waals surface area contributed by atoms with Gasteiger partial charge in [0.25, 0.3) is 5.08 Å². The molecule has 0 aromatic heterocycles. The summed E-state index contributed by atoms with van der Waals surface area (Å²) in [6.45, 7) is 0.497. The quantitative estimate of drug-likeness (QED) is 0.295. The van der Waals surface area contributed by atoms with E-state index in [1.807, 2.05) is 0 Å². The second-order valence-electron chi connectivity index (χ2n) is 5.07. The van der Waals surface area contributed by atoms with E-state index in [-0.39, 0.29) is 48.3 Å². The van der Waals surface area contributed by atoms with Crippen molar-refractivity contribution in [3.8, 4) is 0 Å². The zero-order valence-electron chi connectivity index (χ0n) is 11.4. The van der Waals surface area contributed by atoms with Crippen molar-refractivity contribution < 1.29 is 33.8 Å². The summed E-state index contributed by atoms with van der Waals surface area (Å²) in [5, 5.41) is 6.70. The first-order valence-corrected chi connectivity index (χ1v) is 9.30. The van der Waals surface area contributed by atoms with E-state index in [1.54, 1.807) is 0 Å². The predicted molar refractivity (Wildman–Crippen MR) is 73.9 cm³/mol. The molecule has 115 valence electrons. The van der Waals surface area contributed by atoms with Gasteiger partial charge in [-0.3, -0.25) is 9.13 Å². The van der Waals surface area contributed by atoms with Gasteiger partial charge in [0.15, 0.2) is 0 Å². The minimum atomic E-state index is -5.35.